The molecule has 3 rings (SSSR count). The molecule has 0 saturated carbocycles. The van der Waals surface area contributed by atoms with Gasteiger partial charge in [0.05, 0.1) is 10.7 Å². The highest BCUT2D eigenvalue weighted by atomic mass is 35.5. The second kappa shape index (κ2) is 8.17. The van der Waals surface area contributed by atoms with E-state index in [1.165, 1.54) is 12.1 Å². The smallest absolute Gasteiger partial charge is 0.266 e. The van der Waals surface area contributed by atoms with Gasteiger partial charge in [0.25, 0.3) is 5.91 Å². The van der Waals surface area contributed by atoms with E-state index >= 15 is 0 Å². The summed E-state index contributed by atoms with van der Waals surface area (Å²) in [6.07, 6.45) is 6.90. The number of nitrogens with one attached hydrogen (secondary N) is 1. The van der Waals surface area contributed by atoms with Crippen LogP contribution in [0.4, 0.5) is 11.6 Å². The van der Waals surface area contributed by atoms with Crippen molar-refractivity contribution in [1.29, 1.82) is 5.26 Å². The van der Waals surface area contributed by atoms with E-state index in [1.54, 1.807) is 24.5 Å². The summed E-state index contributed by atoms with van der Waals surface area (Å²) in [5.74, 6) is 0.0934. The zero-order chi connectivity index (χ0) is 18.5. The minimum atomic E-state index is -0.569. The molecule has 0 radical (unpaired) electrons. The molecule has 132 valence electrons. The van der Waals surface area contributed by atoms with Gasteiger partial charge in [-0.15, -0.1) is 0 Å². The maximum Gasteiger partial charge on any atom is 0.266 e. The third-order valence-electron chi connectivity index (χ3n) is 3.90. The molecule has 1 fully saturated rings. The number of carbonyl (C=O) groups excluding carboxylic acids is 1. The molecule has 0 atom stereocenters. The summed E-state index contributed by atoms with van der Waals surface area (Å²) in [7, 11) is 0. The molecule has 2 aromatic rings. The number of anilines is 2. The quantitative estimate of drug-likeness (QED) is 0.634. The molecular weight excluding hydrogens is 373 g/mol. The second-order valence-electron chi connectivity index (χ2n) is 5.76. The van der Waals surface area contributed by atoms with Crippen LogP contribution in [0.15, 0.2) is 36.2 Å². The minimum absolute atomic E-state index is 0.0754. The van der Waals surface area contributed by atoms with Gasteiger partial charge in [-0.2, -0.15) is 5.26 Å². The Morgan fingerprint density at radius 3 is 2.54 bits per heavy atom. The number of halogens is 2. The van der Waals surface area contributed by atoms with Crippen molar-refractivity contribution in [3.63, 3.8) is 0 Å². The molecule has 0 bridgehead atoms. The molecule has 2 heterocycles. The Bertz CT molecular complexity index is 883. The molecule has 1 N–H and O–H groups in total. The van der Waals surface area contributed by atoms with Gasteiger partial charge < -0.3 is 10.2 Å². The first-order chi connectivity index (χ1) is 12.6. The van der Waals surface area contributed by atoms with Crippen LogP contribution in [0.3, 0.4) is 0 Å². The zero-order valence-electron chi connectivity index (χ0n) is 13.7. The van der Waals surface area contributed by atoms with Crippen molar-refractivity contribution >= 4 is 46.8 Å². The maximum atomic E-state index is 12.3. The van der Waals surface area contributed by atoms with Crippen molar-refractivity contribution < 1.29 is 4.79 Å². The van der Waals surface area contributed by atoms with E-state index < -0.39 is 5.91 Å². The number of hydrogen-bond donors (Lipinski definition) is 1. The molecule has 1 amide bonds. The summed E-state index contributed by atoms with van der Waals surface area (Å²) < 4.78 is 0. The fourth-order valence-electron chi connectivity index (χ4n) is 2.58. The highest BCUT2D eigenvalue weighted by Crippen LogP contribution is 2.26. The highest BCUT2D eigenvalue weighted by molar-refractivity contribution is 6.36. The van der Waals surface area contributed by atoms with Crippen molar-refractivity contribution in [1.82, 2.24) is 9.97 Å². The summed E-state index contributed by atoms with van der Waals surface area (Å²) in [6, 6.07) is 6.57. The van der Waals surface area contributed by atoms with Gasteiger partial charge in [0.15, 0.2) is 0 Å². The Balaban J connectivity index is 1.74. The van der Waals surface area contributed by atoms with Crippen LogP contribution in [0.5, 0.6) is 0 Å². The summed E-state index contributed by atoms with van der Waals surface area (Å²) >= 11 is 11.9. The molecule has 8 heteroatoms. The molecule has 1 aromatic carbocycles. The van der Waals surface area contributed by atoms with E-state index in [4.69, 9.17) is 23.2 Å². The third-order valence-corrected chi connectivity index (χ3v) is 4.45. The Hall–Kier alpha value is -2.62. The van der Waals surface area contributed by atoms with Crippen molar-refractivity contribution in [3.05, 3.63) is 51.8 Å². The van der Waals surface area contributed by atoms with Crippen LogP contribution < -0.4 is 10.2 Å². The predicted octanol–water partition coefficient (Wildman–Crippen LogP) is 3.93. The number of benzene rings is 1. The average Bonchev–Trinajstić information content (AvgIpc) is 3.17. The number of amides is 1. The van der Waals surface area contributed by atoms with Gasteiger partial charge in [0, 0.05) is 36.1 Å². The fraction of sp³-hybridized carbons (Fsp3) is 0.222. The number of nitrogens with zero attached hydrogens (tertiary/aromatic N) is 4. The largest absolute Gasteiger partial charge is 0.341 e. The highest BCUT2D eigenvalue weighted by Gasteiger charge is 2.15. The van der Waals surface area contributed by atoms with Crippen LogP contribution in [0.2, 0.25) is 10.0 Å². The molecule has 1 aromatic heterocycles. The van der Waals surface area contributed by atoms with E-state index in [0.717, 1.165) is 25.9 Å². The van der Waals surface area contributed by atoms with E-state index in [1.807, 2.05) is 6.07 Å². The number of nitriles is 1. The minimum Gasteiger partial charge on any atom is -0.341 e. The standard InChI is InChI=1S/C18H15Cl2N5O/c19-14-3-4-16(15(20)8-14)24-17(26)13(9-21)7-12-10-22-18(23-11-12)25-5-1-2-6-25/h3-4,7-8,10-11H,1-2,5-6H2,(H,24,26). The number of hydrogen-bond acceptors (Lipinski definition) is 5. The first-order valence-electron chi connectivity index (χ1n) is 8.02. The first-order valence-corrected chi connectivity index (χ1v) is 8.77. The summed E-state index contributed by atoms with van der Waals surface area (Å²) in [4.78, 5) is 23.0. The topological polar surface area (TPSA) is 81.9 Å². The van der Waals surface area contributed by atoms with E-state index in [0.29, 0.717) is 27.2 Å². The van der Waals surface area contributed by atoms with Crippen LogP contribution in [0, 0.1) is 11.3 Å². The monoisotopic (exact) mass is 387 g/mol. The van der Waals surface area contributed by atoms with Gasteiger partial charge in [-0.1, -0.05) is 23.2 Å². The molecular formula is C18H15Cl2N5O. The predicted molar refractivity (Wildman–Crippen MR) is 102 cm³/mol. The summed E-state index contributed by atoms with van der Waals surface area (Å²) in [5.41, 5.74) is 0.873. The fourth-order valence-corrected chi connectivity index (χ4v) is 3.04. The summed E-state index contributed by atoms with van der Waals surface area (Å²) in [6.45, 7) is 1.89. The Labute approximate surface area is 161 Å². The molecule has 0 unspecified atom stereocenters. The lowest BCUT2D eigenvalue weighted by molar-refractivity contribution is -0.112. The van der Waals surface area contributed by atoms with Crippen molar-refractivity contribution in [2.24, 2.45) is 0 Å². The second-order valence-corrected chi connectivity index (χ2v) is 6.60. The number of aromatic nitrogens is 2. The van der Waals surface area contributed by atoms with Crippen molar-refractivity contribution in [2.45, 2.75) is 12.8 Å². The van der Waals surface area contributed by atoms with Gasteiger partial charge >= 0.3 is 0 Å². The van der Waals surface area contributed by atoms with Crippen LogP contribution >= 0.6 is 23.2 Å². The normalized spacial score (nSPS) is 14.2. The average molecular weight is 388 g/mol. The summed E-state index contributed by atoms with van der Waals surface area (Å²) in [5, 5.41) is 12.6. The lowest BCUT2D eigenvalue weighted by atomic mass is 10.2. The number of rotatable bonds is 4. The molecule has 1 aliphatic heterocycles. The first kappa shape index (κ1) is 18.2. The molecule has 26 heavy (non-hydrogen) atoms. The van der Waals surface area contributed by atoms with Crippen LogP contribution in [-0.2, 0) is 4.79 Å². The van der Waals surface area contributed by atoms with E-state index in [-0.39, 0.29) is 5.57 Å². The molecule has 1 saturated heterocycles. The number of carbonyl (C=O) groups is 1. The Morgan fingerprint density at radius 1 is 1.23 bits per heavy atom. The lowest BCUT2D eigenvalue weighted by Crippen LogP contribution is -2.20. The Kier molecular flexibility index (Phi) is 5.71. The van der Waals surface area contributed by atoms with Crippen molar-refractivity contribution in [2.75, 3.05) is 23.3 Å². The van der Waals surface area contributed by atoms with Crippen LogP contribution in [-0.4, -0.2) is 29.0 Å². The molecule has 0 aliphatic carbocycles. The van der Waals surface area contributed by atoms with Gasteiger partial charge in [-0.25, -0.2) is 9.97 Å². The molecule has 6 nitrogen and oxygen atoms in total. The maximum absolute atomic E-state index is 12.3. The van der Waals surface area contributed by atoms with Gasteiger partial charge in [-0.05, 0) is 37.1 Å². The van der Waals surface area contributed by atoms with Gasteiger partial charge in [0.1, 0.15) is 11.6 Å². The van der Waals surface area contributed by atoms with Crippen LogP contribution in [0.25, 0.3) is 6.08 Å². The Morgan fingerprint density at radius 2 is 1.92 bits per heavy atom. The lowest BCUT2D eigenvalue weighted by Gasteiger charge is -2.14. The van der Waals surface area contributed by atoms with Crippen molar-refractivity contribution in [3.8, 4) is 6.07 Å². The van der Waals surface area contributed by atoms with Gasteiger partial charge in [-0.3, -0.25) is 4.79 Å². The molecule has 1 aliphatic rings. The van der Waals surface area contributed by atoms with E-state index in [9.17, 15) is 10.1 Å². The SMILES string of the molecule is N#CC(=Cc1cnc(N2CCCC2)nc1)C(=O)Nc1ccc(Cl)cc1Cl. The molecule has 0 spiro atoms. The van der Waals surface area contributed by atoms with E-state index in [2.05, 4.69) is 20.2 Å². The van der Waals surface area contributed by atoms with Gasteiger partial charge in [0.2, 0.25) is 5.95 Å². The zero-order valence-corrected chi connectivity index (χ0v) is 15.3. The van der Waals surface area contributed by atoms with Crippen LogP contribution in [0.1, 0.15) is 18.4 Å². The third kappa shape index (κ3) is 4.31.